The molecule has 1 unspecified atom stereocenters. The molecule has 1 saturated heterocycles. The average Bonchev–Trinajstić information content (AvgIpc) is 3.09. The third kappa shape index (κ3) is 8.28. The minimum Gasteiger partial charge on any atom is -0.377 e. The molecule has 2 N–H and O–H groups in total. The summed E-state index contributed by atoms with van der Waals surface area (Å²) in [6.07, 6.45) is 2.77. The van der Waals surface area contributed by atoms with Crippen LogP contribution in [0.2, 0.25) is 0 Å². The average molecular weight is 469 g/mol. The minimum absolute atomic E-state index is 0. The molecule has 0 amide bonds. The molecular formula is C17H26F2IN3O2. The maximum absolute atomic E-state index is 13.5. The smallest absolute Gasteiger partial charge is 0.191 e. The summed E-state index contributed by atoms with van der Waals surface area (Å²) in [5.74, 6) is -0.228. The van der Waals surface area contributed by atoms with Gasteiger partial charge in [-0.25, -0.2) is 8.78 Å². The van der Waals surface area contributed by atoms with Crippen LogP contribution in [0.5, 0.6) is 0 Å². The van der Waals surface area contributed by atoms with Crippen LogP contribution in [0.4, 0.5) is 8.78 Å². The standard InChI is InChI=1S/C17H25F2N3O2.HI/c1-20-17(22-8-10-23-12-15-3-2-9-24-15)21-7-6-13-11-14(18)4-5-16(13)19;/h4-5,11,15H,2-3,6-10,12H2,1H3,(H2,20,21,22);1H. The highest BCUT2D eigenvalue weighted by molar-refractivity contribution is 14.0. The van der Waals surface area contributed by atoms with E-state index in [0.29, 0.717) is 44.2 Å². The number of aliphatic imine (C=N–C) groups is 1. The molecule has 8 heteroatoms. The topological polar surface area (TPSA) is 54.9 Å². The molecule has 2 rings (SSSR count). The molecule has 1 atom stereocenters. The number of hydrogen-bond acceptors (Lipinski definition) is 3. The van der Waals surface area contributed by atoms with Crippen LogP contribution in [0.25, 0.3) is 0 Å². The van der Waals surface area contributed by atoms with Crippen LogP contribution in [-0.2, 0) is 15.9 Å². The zero-order chi connectivity index (χ0) is 17.2. The van der Waals surface area contributed by atoms with Crippen molar-refractivity contribution in [2.24, 2.45) is 4.99 Å². The Balaban J connectivity index is 0.00000312. The zero-order valence-corrected chi connectivity index (χ0v) is 16.7. The molecule has 1 aliphatic heterocycles. The van der Waals surface area contributed by atoms with Crippen LogP contribution >= 0.6 is 24.0 Å². The van der Waals surface area contributed by atoms with Crippen LogP contribution in [0.1, 0.15) is 18.4 Å². The second-order valence-corrected chi connectivity index (χ2v) is 5.62. The number of rotatable bonds is 8. The SMILES string of the molecule is CN=C(NCCOCC1CCCO1)NCCc1cc(F)ccc1F.I. The highest BCUT2D eigenvalue weighted by Gasteiger charge is 2.14. The molecule has 1 aliphatic rings. The lowest BCUT2D eigenvalue weighted by Gasteiger charge is -2.13. The number of halogens is 3. The summed E-state index contributed by atoms with van der Waals surface area (Å²) >= 11 is 0. The quantitative estimate of drug-likeness (QED) is 0.266. The van der Waals surface area contributed by atoms with Gasteiger partial charge in [0, 0.05) is 26.7 Å². The van der Waals surface area contributed by atoms with Gasteiger partial charge in [0.1, 0.15) is 11.6 Å². The molecule has 142 valence electrons. The summed E-state index contributed by atoms with van der Waals surface area (Å²) < 4.78 is 37.7. The van der Waals surface area contributed by atoms with E-state index < -0.39 is 11.6 Å². The second kappa shape index (κ2) is 12.4. The van der Waals surface area contributed by atoms with Gasteiger partial charge in [-0.1, -0.05) is 0 Å². The Morgan fingerprint density at radius 3 is 2.84 bits per heavy atom. The summed E-state index contributed by atoms with van der Waals surface area (Å²) in [5, 5.41) is 6.18. The highest BCUT2D eigenvalue weighted by Crippen LogP contribution is 2.11. The molecule has 0 saturated carbocycles. The van der Waals surface area contributed by atoms with Crippen LogP contribution in [-0.4, -0.2) is 52.0 Å². The molecule has 1 heterocycles. The van der Waals surface area contributed by atoms with Gasteiger partial charge in [0.05, 0.1) is 19.3 Å². The molecule has 5 nitrogen and oxygen atoms in total. The third-order valence-corrected chi connectivity index (χ3v) is 3.78. The Kier molecular flexibility index (Phi) is 10.9. The van der Waals surface area contributed by atoms with E-state index in [1.165, 1.54) is 6.07 Å². The molecule has 25 heavy (non-hydrogen) atoms. The van der Waals surface area contributed by atoms with Crippen molar-refractivity contribution >= 4 is 29.9 Å². The first-order chi connectivity index (χ1) is 11.7. The highest BCUT2D eigenvalue weighted by atomic mass is 127. The Morgan fingerprint density at radius 1 is 1.32 bits per heavy atom. The van der Waals surface area contributed by atoms with E-state index in [1.54, 1.807) is 7.05 Å². The number of hydrogen-bond donors (Lipinski definition) is 2. The van der Waals surface area contributed by atoms with Crippen molar-refractivity contribution in [3.63, 3.8) is 0 Å². The summed E-state index contributed by atoms with van der Waals surface area (Å²) in [5.41, 5.74) is 0.345. The molecule has 1 aromatic carbocycles. The van der Waals surface area contributed by atoms with Crippen LogP contribution in [0.3, 0.4) is 0 Å². The van der Waals surface area contributed by atoms with Gasteiger partial charge in [-0.2, -0.15) is 0 Å². The summed E-state index contributed by atoms with van der Waals surface area (Å²) in [6, 6.07) is 3.47. The van der Waals surface area contributed by atoms with E-state index in [2.05, 4.69) is 15.6 Å². The fourth-order valence-corrected chi connectivity index (χ4v) is 2.50. The molecule has 0 radical (unpaired) electrons. The van der Waals surface area contributed by atoms with Crippen molar-refractivity contribution in [3.05, 3.63) is 35.4 Å². The van der Waals surface area contributed by atoms with E-state index in [4.69, 9.17) is 9.47 Å². The number of nitrogens with zero attached hydrogens (tertiary/aromatic N) is 1. The predicted molar refractivity (Wildman–Crippen MR) is 105 cm³/mol. The normalized spacial score (nSPS) is 17.2. The van der Waals surface area contributed by atoms with Crippen LogP contribution in [0.15, 0.2) is 23.2 Å². The van der Waals surface area contributed by atoms with Gasteiger partial charge < -0.3 is 20.1 Å². The first kappa shape index (κ1) is 22.0. The fourth-order valence-electron chi connectivity index (χ4n) is 2.50. The van der Waals surface area contributed by atoms with Crippen molar-refractivity contribution in [2.45, 2.75) is 25.4 Å². The zero-order valence-electron chi connectivity index (χ0n) is 14.4. The maximum atomic E-state index is 13.5. The van der Waals surface area contributed by atoms with Gasteiger partial charge in [0.15, 0.2) is 5.96 Å². The number of benzene rings is 1. The molecular weight excluding hydrogens is 443 g/mol. The summed E-state index contributed by atoms with van der Waals surface area (Å²) in [6.45, 7) is 3.07. The van der Waals surface area contributed by atoms with E-state index >= 15 is 0 Å². The van der Waals surface area contributed by atoms with Gasteiger partial charge in [-0.15, -0.1) is 24.0 Å². The monoisotopic (exact) mass is 469 g/mol. The van der Waals surface area contributed by atoms with Crippen LogP contribution < -0.4 is 10.6 Å². The second-order valence-electron chi connectivity index (χ2n) is 5.62. The van der Waals surface area contributed by atoms with Crippen molar-refractivity contribution in [1.29, 1.82) is 0 Å². The predicted octanol–water partition coefficient (Wildman–Crippen LogP) is 2.49. The van der Waals surface area contributed by atoms with Gasteiger partial charge in [-0.05, 0) is 43.0 Å². The van der Waals surface area contributed by atoms with E-state index in [-0.39, 0.29) is 30.1 Å². The number of nitrogens with one attached hydrogen (secondary N) is 2. The molecule has 0 spiro atoms. The van der Waals surface area contributed by atoms with E-state index in [0.717, 1.165) is 31.6 Å². The first-order valence-corrected chi connectivity index (χ1v) is 8.27. The van der Waals surface area contributed by atoms with Gasteiger partial charge in [0.2, 0.25) is 0 Å². The van der Waals surface area contributed by atoms with Gasteiger partial charge >= 0.3 is 0 Å². The summed E-state index contributed by atoms with van der Waals surface area (Å²) in [7, 11) is 1.66. The van der Waals surface area contributed by atoms with Crippen molar-refractivity contribution in [3.8, 4) is 0 Å². The Morgan fingerprint density at radius 2 is 2.12 bits per heavy atom. The number of guanidine groups is 1. The summed E-state index contributed by atoms with van der Waals surface area (Å²) in [4.78, 5) is 4.08. The van der Waals surface area contributed by atoms with E-state index in [1.807, 2.05) is 0 Å². The molecule has 0 aromatic heterocycles. The Bertz CT molecular complexity index is 541. The minimum atomic E-state index is -0.433. The van der Waals surface area contributed by atoms with Crippen LogP contribution in [0, 0.1) is 11.6 Å². The maximum Gasteiger partial charge on any atom is 0.191 e. The number of ether oxygens (including phenoxy) is 2. The first-order valence-electron chi connectivity index (χ1n) is 8.27. The van der Waals surface area contributed by atoms with Crippen molar-refractivity contribution in [2.75, 3.05) is 40.0 Å². The lowest BCUT2D eigenvalue weighted by atomic mass is 10.1. The van der Waals surface area contributed by atoms with Gasteiger partial charge in [0.25, 0.3) is 0 Å². The largest absolute Gasteiger partial charge is 0.377 e. The van der Waals surface area contributed by atoms with Crippen molar-refractivity contribution in [1.82, 2.24) is 10.6 Å². The Labute approximate surface area is 164 Å². The molecule has 1 fully saturated rings. The van der Waals surface area contributed by atoms with Crippen molar-refractivity contribution < 1.29 is 18.3 Å². The third-order valence-electron chi connectivity index (χ3n) is 3.78. The van der Waals surface area contributed by atoms with Gasteiger partial charge in [-0.3, -0.25) is 4.99 Å². The lowest BCUT2D eigenvalue weighted by Crippen LogP contribution is -2.40. The molecule has 0 bridgehead atoms. The van der Waals surface area contributed by atoms with E-state index in [9.17, 15) is 8.78 Å². The molecule has 0 aliphatic carbocycles. The lowest BCUT2D eigenvalue weighted by molar-refractivity contribution is 0.0191. The Hall–Kier alpha value is -1.00. The molecule has 1 aromatic rings. The fraction of sp³-hybridized carbons (Fsp3) is 0.588.